The van der Waals surface area contributed by atoms with E-state index in [0.29, 0.717) is 23.8 Å². The highest BCUT2D eigenvalue weighted by molar-refractivity contribution is 5.21. The Balaban J connectivity index is 2.06. The van der Waals surface area contributed by atoms with Crippen molar-refractivity contribution in [3.8, 4) is 0 Å². The maximum atomic E-state index is 13.8. The average molecular weight is 281 g/mol. The van der Waals surface area contributed by atoms with E-state index in [4.69, 9.17) is 5.73 Å². The molecular formula is C17H25F2N. The molecule has 0 bridgehead atoms. The van der Waals surface area contributed by atoms with Gasteiger partial charge >= 0.3 is 0 Å². The summed E-state index contributed by atoms with van der Waals surface area (Å²) < 4.78 is 26.7. The van der Waals surface area contributed by atoms with Crippen LogP contribution in [0.4, 0.5) is 8.78 Å². The standard InChI is InChI=1S/C17H25F2N/c1-12(2)8-13-4-3-7-17(20,10-13)11-14-5-6-15(18)9-16(14)19/h5-6,9,12-13H,3-4,7-8,10-11,20H2,1-2H3. The molecule has 112 valence electrons. The highest BCUT2D eigenvalue weighted by Crippen LogP contribution is 2.36. The van der Waals surface area contributed by atoms with Crippen molar-refractivity contribution in [2.45, 2.75) is 57.9 Å². The molecule has 0 radical (unpaired) electrons. The second kappa shape index (κ2) is 6.21. The summed E-state index contributed by atoms with van der Waals surface area (Å²) in [6, 6.07) is 3.80. The number of hydrogen-bond donors (Lipinski definition) is 1. The highest BCUT2D eigenvalue weighted by Gasteiger charge is 2.33. The van der Waals surface area contributed by atoms with Crippen LogP contribution in [0.3, 0.4) is 0 Å². The highest BCUT2D eigenvalue weighted by atomic mass is 19.1. The van der Waals surface area contributed by atoms with E-state index in [1.54, 1.807) is 0 Å². The fraction of sp³-hybridized carbons (Fsp3) is 0.647. The zero-order valence-corrected chi connectivity index (χ0v) is 12.5. The molecule has 0 spiro atoms. The van der Waals surface area contributed by atoms with E-state index in [1.165, 1.54) is 25.0 Å². The first-order valence-corrected chi connectivity index (χ1v) is 7.61. The molecule has 0 aromatic heterocycles. The van der Waals surface area contributed by atoms with Crippen LogP contribution >= 0.6 is 0 Å². The summed E-state index contributed by atoms with van der Waals surface area (Å²) >= 11 is 0. The summed E-state index contributed by atoms with van der Waals surface area (Å²) in [5, 5.41) is 0. The third-order valence-corrected chi connectivity index (χ3v) is 4.34. The first kappa shape index (κ1) is 15.4. The van der Waals surface area contributed by atoms with Crippen LogP contribution in [-0.4, -0.2) is 5.54 Å². The van der Waals surface area contributed by atoms with Crippen molar-refractivity contribution < 1.29 is 8.78 Å². The Hall–Kier alpha value is -0.960. The quantitative estimate of drug-likeness (QED) is 0.867. The van der Waals surface area contributed by atoms with Crippen molar-refractivity contribution in [2.75, 3.05) is 0 Å². The molecule has 2 rings (SSSR count). The largest absolute Gasteiger partial charge is 0.325 e. The maximum absolute atomic E-state index is 13.8. The molecule has 2 unspecified atom stereocenters. The van der Waals surface area contributed by atoms with Crippen LogP contribution in [0.5, 0.6) is 0 Å². The van der Waals surface area contributed by atoms with E-state index < -0.39 is 11.6 Å². The molecule has 3 heteroatoms. The van der Waals surface area contributed by atoms with Crippen LogP contribution in [0, 0.1) is 23.5 Å². The summed E-state index contributed by atoms with van der Waals surface area (Å²) in [6.45, 7) is 4.46. The van der Waals surface area contributed by atoms with Crippen LogP contribution in [0.15, 0.2) is 18.2 Å². The van der Waals surface area contributed by atoms with Crippen molar-refractivity contribution in [1.29, 1.82) is 0 Å². The van der Waals surface area contributed by atoms with Crippen molar-refractivity contribution in [3.63, 3.8) is 0 Å². The summed E-state index contributed by atoms with van der Waals surface area (Å²) in [5.41, 5.74) is 6.71. The molecule has 1 aliphatic carbocycles. The lowest BCUT2D eigenvalue weighted by Gasteiger charge is -2.39. The Kier molecular flexibility index (Phi) is 4.79. The minimum Gasteiger partial charge on any atom is -0.325 e. The number of nitrogens with two attached hydrogens (primary N) is 1. The SMILES string of the molecule is CC(C)CC1CCCC(N)(Cc2ccc(F)cc2F)C1. The van der Waals surface area contributed by atoms with E-state index in [0.717, 1.165) is 25.3 Å². The minimum absolute atomic E-state index is 0.337. The number of rotatable bonds is 4. The van der Waals surface area contributed by atoms with Crippen molar-refractivity contribution in [2.24, 2.45) is 17.6 Å². The molecule has 20 heavy (non-hydrogen) atoms. The van der Waals surface area contributed by atoms with E-state index >= 15 is 0 Å². The summed E-state index contributed by atoms with van der Waals surface area (Å²) in [6.07, 6.45) is 5.90. The molecule has 2 N–H and O–H groups in total. The van der Waals surface area contributed by atoms with Gasteiger partial charge in [0.15, 0.2) is 0 Å². The minimum atomic E-state index is -0.529. The van der Waals surface area contributed by atoms with Crippen LogP contribution in [0.1, 0.15) is 51.5 Å². The Labute approximate surface area is 120 Å². The fourth-order valence-corrected chi connectivity index (χ4v) is 3.59. The Morgan fingerprint density at radius 2 is 2.10 bits per heavy atom. The molecule has 1 fully saturated rings. The van der Waals surface area contributed by atoms with Gasteiger partial charge in [-0.2, -0.15) is 0 Å². The third kappa shape index (κ3) is 4.02. The second-order valence-corrected chi connectivity index (χ2v) is 6.87. The predicted octanol–water partition coefficient (Wildman–Crippen LogP) is 4.44. The van der Waals surface area contributed by atoms with Crippen LogP contribution in [0.25, 0.3) is 0 Å². The van der Waals surface area contributed by atoms with Gasteiger partial charge in [0.05, 0.1) is 0 Å². The van der Waals surface area contributed by atoms with Gasteiger partial charge in [0.1, 0.15) is 11.6 Å². The van der Waals surface area contributed by atoms with Gasteiger partial charge in [0.25, 0.3) is 0 Å². The average Bonchev–Trinajstić information content (AvgIpc) is 2.32. The van der Waals surface area contributed by atoms with E-state index in [1.807, 2.05) is 0 Å². The summed E-state index contributed by atoms with van der Waals surface area (Å²) in [5.74, 6) is 0.307. The smallest absolute Gasteiger partial charge is 0.129 e. The van der Waals surface area contributed by atoms with Gasteiger partial charge in [-0.1, -0.05) is 32.8 Å². The van der Waals surface area contributed by atoms with Crippen LogP contribution in [0.2, 0.25) is 0 Å². The lowest BCUT2D eigenvalue weighted by atomic mass is 9.71. The van der Waals surface area contributed by atoms with Gasteiger partial charge in [0, 0.05) is 11.6 Å². The van der Waals surface area contributed by atoms with Gasteiger partial charge in [0.2, 0.25) is 0 Å². The van der Waals surface area contributed by atoms with Crippen LogP contribution < -0.4 is 5.73 Å². The first-order valence-electron chi connectivity index (χ1n) is 7.61. The van der Waals surface area contributed by atoms with Crippen molar-refractivity contribution in [1.82, 2.24) is 0 Å². The molecule has 0 heterocycles. The molecule has 1 aliphatic rings. The Bertz CT molecular complexity index is 458. The maximum Gasteiger partial charge on any atom is 0.129 e. The van der Waals surface area contributed by atoms with E-state index in [2.05, 4.69) is 13.8 Å². The van der Waals surface area contributed by atoms with Gasteiger partial charge in [-0.05, 0) is 49.1 Å². The third-order valence-electron chi connectivity index (χ3n) is 4.34. The van der Waals surface area contributed by atoms with Gasteiger partial charge in [-0.15, -0.1) is 0 Å². The molecular weight excluding hydrogens is 256 g/mol. The Morgan fingerprint density at radius 3 is 2.75 bits per heavy atom. The number of halogens is 2. The topological polar surface area (TPSA) is 26.0 Å². The van der Waals surface area contributed by atoms with Crippen molar-refractivity contribution in [3.05, 3.63) is 35.4 Å². The zero-order valence-electron chi connectivity index (χ0n) is 12.5. The predicted molar refractivity (Wildman–Crippen MR) is 78.4 cm³/mol. The van der Waals surface area contributed by atoms with Gasteiger partial charge < -0.3 is 5.73 Å². The van der Waals surface area contributed by atoms with E-state index in [9.17, 15) is 8.78 Å². The van der Waals surface area contributed by atoms with Gasteiger partial charge in [-0.3, -0.25) is 0 Å². The summed E-state index contributed by atoms with van der Waals surface area (Å²) in [7, 11) is 0. The van der Waals surface area contributed by atoms with E-state index in [-0.39, 0.29) is 5.54 Å². The molecule has 1 aromatic carbocycles. The molecule has 1 nitrogen and oxygen atoms in total. The Morgan fingerprint density at radius 1 is 1.35 bits per heavy atom. The normalized spacial score (nSPS) is 27.0. The van der Waals surface area contributed by atoms with Gasteiger partial charge in [-0.25, -0.2) is 8.78 Å². The molecule has 1 saturated carbocycles. The number of hydrogen-bond acceptors (Lipinski definition) is 1. The molecule has 0 aliphatic heterocycles. The fourth-order valence-electron chi connectivity index (χ4n) is 3.59. The van der Waals surface area contributed by atoms with Crippen molar-refractivity contribution >= 4 is 0 Å². The molecule has 0 saturated heterocycles. The first-order chi connectivity index (χ1) is 9.38. The van der Waals surface area contributed by atoms with Crippen LogP contribution in [-0.2, 0) is 6.42 Å². The second-order valence-electron chi connectivity index (χ2n) is 6.87. The monoisotopic (exact) mass is 281 g/mol. The molecule has 0 amide bonds. The molecule has 1 aromatic rings. The summed E-state index contributed by atoms with van der Waals surface area (Å²) in [4.78, 5) is 0. The molecule has 2 atom stereocenters. The zero-order chi connectivity index (χ0) is 14.8. The number of benzene rings is 1. The lowest BCUT2D eigenvalue weighted by Crippen LogP contribution is -2.46. The lowest BCUT2D eigenvalue weighted by molar-refractivity contribution is 0.199.